The molecule has 570 valence electrons. The Labute approximate surface area is 597 Å². The maximum absolute atomic E-state index is 12.0. The first-order valence-electron chi connectivity index (χ1n) is 33.4. The van der Waals surface area contributed by atoms with E-state index in [0.29, 0.717) is 127 Å². The summed E-state index contributed by atoms with van der Waals surface area (Å²) in [6.07, 6.45) is 14.9. The van der Waals surface area contributed by atoms with E-state index in [9.17, 15) is 62.3 Å². The molecule has 0 aromatic heterocycles. The highest BCUT2D eigenvalue weighted by Gasteiger charge is 2.27. The second-order valence-corrected chi connectivity index (χ2v) is 23.0. The number of nitrogens with one attached hydrogen (secondary N) is 2. The lowest BCUT2D eigenvalue weighted by Crippen LogP contribution is -2.34. The van der Waals surface area contributed by atoms with Crippen molar-refractivity contribution in [2.75, 3.05) is 103 Å². The van der Waals surface area contributed by atoms with Crippen LogP contribution in [0.15, 0.2) is 97.1 Å². The number of carbonyl (C=O) groups is 13. The number of aromatic carboxylic acids is 1. The lowest BCUT2D eigenvalue weighted by Gasteiger charge is -2.24. The summed E-state index contributed by atoms with van der Waals surface area (Å²) in [5.74, 6) is -4.76. The van der Waals surface area contributed by atoms with Gasteiger partial charge in [-0.3, -0.25) is 62.5 Å². The molecule has 2 saturated carbocycles. The standard InChI is InChI=1S/C16H20N2O6.2C9H11NO3.C8H12N2O3.C8H15NO2.C7H13NO2.C6H8N2O2.C6H11NO2/c19-11-18(8-3-9-24-12-20)14-5-1-4-13(10-14)16(23)17-7-2-6-15(21)22;10-5-7-1-3-8(4-2-7)13-6-9(11)12;10-5-6-13-8-3-1-7(2-4-8)9(11)12;9-3-5-13-6-4-10-7(11)1-2-8(10)12;9-5-6-1-3-7(4-2-6)8(10)11;8-6-3-1-5(2-4-6)7(9)10;7-3-4-8-5(9)1-2-6(8)10;8-6(9)5-1-3-7-4-2-5/h1,4-5,10-12H,2-3,6-9H2,(H,17,23)(H,21,22);2*1-4H,5-6,10H2,(H,11,12);1-2H,3-6,9H2;6-7H,1-5,9H2,(H,10,11);5-6H,1-4,8H2,(H,9,10);1-2H,3-4,7H2;5,7H,1-4H2,(H,8,9). The zero-order valence-electron chi connectivity index (χ0n) is 57.7. The third-order valence-electron chi connectivity index (χ3n) is 15.4. The van der Waals surface area contributed by atoms with Crippen molar-refractivity contribution in [1.29, 1.82) is 0 Å². The highest BCUT2D eigenvalue weighted by atomic mass is 16.5. The lowest BCUT2D eigenvalue weighted by atomic mass is 9.82. The number of carbonyl (C=O) groups excluding carboxylic acids is 7. The first-order valence-corrected chi connectivity index (χ1v) is 33.4. The molecule has 20 N–H and O–H groups in total. The van der Waals surface area contributed by atoms with Gasteiger partial charge in [-0.25, -0.2) is 9.59 Å². The summed E-state index contributed by atoms with van der Waals surface area (Å²) >= 11 is 0. The van der Waals surface area contributed by atoms with Crippen molar-refractivity contribution in [2.45, 2.75) is 96.1 Å². The number of anilines is 1. The third-order valence-corrected chi connectivity index (χ3v) is 15.4. The fraction of sp³-hybridized carbons (Fsp3) is 0.493. The number of rotatable bonds is 31. The molecule has 103 heavy (non-hydrogen) atoms. The molecule has 3 aliphatic heterocycles. The molecule has 0 unspecified atom stereocenters. The van der Waals surface area contributed by atoms with Crippen molar-refractivity contribution >= 4 is 83.9 Å². The lowest BCUT2D eigenvalue weighted by molar-refractivity contribution is -0.143. The Hall–Kier alpha value is -10.1. The molecule has 5 aliphatic rings. The predicted molar refractivity (Wildman–Crippen MR) is 375 cm³/mol. The Bertz CT molecular complexity index is 3100. The molecule has 0 spiro atoms. The number of amides is 6. The van der Waals surface area contributed by atoms with Gasteiger partial charge in [-0.1, -0.05) is 18.2 Å². The average molecular weight is 1450 g/mol. The fourth-order valence-corrected chi connectivity index (χ4v) is 9.57. The first kappa shape index (κ1) is 90.9. The third kappa shape index (κ3) is 40.8. The Balaban J connectivity index is 0.000000601. The summed E-state index contributed by atoms with van der Waals surface area (Å²) < 4.78 is 19.7. The van der Waals surface area contributed by atoms with E-state index in [1.54, 1.807) is 60.7 Å². The van der Waals surface area contributed by atoms with Gasteiger partial charge in [-0.15, -0.1) is 0 Å². The topological polar surface area (TPSA) is 570 Å². The van der Waals surface area contributed by atoms with Crippen LogP contribution in [-0.4, -0.2) is 223 Å². The van der Waals surface area contributed by atoms with Crippen LogP contribution in [0.1, 0.15) is 110 Å². The molecule has 3 heterocycles. The zero-order valence-corrected chi connectivity index (χ0v) is 57.7. The van der Waals surface area contributed by atoms with Crippen LogP contribution < -0.4 is 59.4 Å². The monoisotopic (exact) mass is 1450 g/mol. The molecule has 34 nitrogen and oxygen atoms in total. The van der Waals surface area contributed by atoms with Crippen molar-refractivity contribution in [3.63, 3.8) is 0 Å². The normalized spacial score (nSPS) is 17.0. The van der Waals surface area contributed by atoms with Gasteiger partial charge < -0.3 is 99.5 Å². The van der Waals surface area contributed by atoms with Crippen LogP contribution in [0.25, 0.3) is 0 Å². The van der Waals surface area contributed by atoms with Gasteiger partial charge in [0.15, 0.2) is 6.61 Å². The van der Waals surface area contributed by atoms with Crippen molar-refractivity contribution in [2.24, 2.45) is 58.1 Å². The van der Waals surface area contributed by atoms with E-state index in [4.69, 9.17) is 79.3 Å². The second-order valence-electron chi connectivity index (χ2n) is 23.0. The van der Waals surface area contributed by atoms with E-state index < -0.39 is 35.8 Å². The van der Waals surface area contributed by atoms with Gasteiger partial charge in [-0.2, -0.15) is 0 Å². The summed E-state index contributed by atoms with van der Waals surface area (Å²) in [5.41, 5.74) is 34.2. The molecule has 0 bridgehead atoms. The van der Waals surface area contributed by atoms with Gasteiger partial charge >= 0.3 is 35.8 Å². The quantitative estimate of drug-likeness (QED) is 0.0246. The number of nitrogens with two attached hydrogens (primary N) is 6. The molecule has 0 atom stereocenters. The van der Waals surface area contributed by atoms with Crippen LogP contribution in [0.4, 0.5) is 5.69 Å². The van der Waals surface area contributed by atoms with Crippen molar-refractivity contribution in [3.05, 3.63) is 114 Å². The molecular formula is C69H101N11O23. The largest absolute Gasteiger partial charge is 0.492 e. The number of carboxylic acid groups (broad SMARTS) is 6. The number of hydrogen-bond donors (Lipinski definition) is 14. The van der Waals surface area contributed by atoms with Gasteiger partial charge in [0.05, 0.1) is 49.7 Å². The van der Waals surface area contributed by atoms with Gasteiger partial charge in [0.2, 0.25) is 6.41 Å². The summed E-state index contributed by atoms with van der Waals surface area (Å²) in [6.45, 7) is 6.79. The van der Waals surface area contributed by atoms with Gasteiger partial charge in [0.25, 0.3) is 36.0 Å². The number of aliphatic carboxylic acids is 5. The van der Waals surface area contributed by atoms with Crippen molar-refractivity contribution < 1.29 is 112 Å². The molecule has 0 radical (unpaired) electrons. The van der Waals surface area contributed by atoms with Crippen molar-refractivity contribution in [1.82, 2.24) is 20.4 Å². The summed E-state index contributed by atoms with van der Waals surface area (Å²) in [5, 5.41) is 57.0. The minimum absolute atomic E-state index is 0.0118. The fourth-order valence-electron chi connectivity index (χ4n) is 9.57. The number of ether oxygens (including phenoxy) is 4. The number of carboxylic acids is 6. The molecule has 34 heteroatoms. The van der Waals surface area contributed by atoms with E-state index in [1.165, 1.54) is 41.3 Å². The maximum atomic E-state index is 12.0. The molecule has 3 aromatic carbocycles. The van der Waals surface area contributed by atoms with Gasteiger partial charge in [0, 0.05) is 93.8 Å². The summed E-state index contributed by atoms with van der Waals surface area (Å²) in [4.78, 5) is 143. The Morgan fingerprint density at radius 2 is 1.08 bits per heavy atom. The Morgan fingerprint density at radius 1 is 0.563 bits per heavy atom. The van der Waals surface area contributed by atoms with Gasteiger partial charge in [0.1, 0.15) is 18.1 Å². The number of nitrogens with zero attached hydrogens (tertiary/aromatic N) is 3. The van der Waals surface area contributed by atoms with Crippen molar-refractivity contribution in [3.8, 4) is 11.5 Å². The second kappa shape index (κ2) is 54.7. The number of piperidine rings is 1. The summed E-state index contributed by atoms with van der Waals surface area (Å²) in [7, 11) is 0. The van der Waals surface area contributed by atoms with Crippen LogP contribution in [-0.2, 0) is 68.8 Å². The molecule has 2 aliphatic carbocycles. The minimum Gasteiger partial charge on any atom is -0.492 e. The highest BCUT2D eigenvalue weighted by molar-refractivity contribution is 6.13. The summed E-state index contributed by atoms with van der Waals surface area (Å²) in [6, 6.07) is 20.0. The maximum Gasteiger partial charge on any atom is 0.341 e. The van der Waals surface area contributed by atoms with E-state index >= 15 is 0 Å². The molecule has 3 aromatic rings. The SMILES string of the molecule is NC1CCC(C(=O)O)CC1.NCC1CCC(C(=O)O)CC1.NCCN1C(=O)C=CC1=O.NCCOCCN1C(=O)C=CC1=O.NCCOc1ccc(C(=O)O)cc1.NCc1ccc(OCC(=O)O)cc1.O=C(O)C1CCNCC1.O=COCCCN(C=O)c1cccc(C(=O)NCCCC(=O)O)c1. The van der Waals surface area contributed by atoms with Crippen LogP contribution >= 0.6 is 0 Å². The van der Waals surface area contributed by atoms with E-state index in [1.807, 2.05) is 0 Å². The first-order chi connectivity index (χ1) is 49.3. The average Bonchev–Trinajstić information content (AvgIpc) is 1.86. The molecule has 3 fully saturated rings. The minimum atomic E-state index is -0.983. The smallest absolute Gasteiger partial charge is 0.341 e. The molecular weight excluding hydrogens is 1350 g/mol. The van der Waals surface area contributed by atoms with E-state index in [2.05, 4.69) is 15.4 Å². The van der Waals surface area contributed by atoms with E-state index in [-0.39, 0.29) is 85.1 Å². The molecule has 6 amide bonds. The zero-order chi connectivity index (χ0) is 76.9. The number of benzene rings is 3. The molecule has 1 saturated heterocycles. The number of imide groups is 2. The predicted octanol–water partition coefficient (Wildman–Crippen LogP) is 1.39. The highest BCUT2D eigenvalue weighted by Crippen LogP contribution is 2.28. The van der Waals surface area contributed by atoms with E-state index in [0.717, 1.165) is 92.7 Å². The Kier molecular flexibility index (Phi) is 48.3. The van der Waals surface area contributed by atoms with Crippen LogP contribution in [0, 0.1) is 23.7 Å². The molecule has 8 rings (SSSR count). The van der Waals surface area contributed by atoms with Crippen LogP contribution in [0.3, 0.4) is 0 Å². The Morgan fingerprint density at radius 3 is 1.53 bits per heavy atom. The number of hydrogen-bond acceptors (Lipinski definition) is 24. The van der Waals surface area contributed by atoms with Crippen LogP contribution in [0.5, 0.6) is 11.5 Å². The van der Waals surface area contributed by atoms with Gasteiger partial charge in [-0.05, 0) is 163 Å². The van der Waals surface area contributed by atoms with Crippen LogP contribution in [0.2, 0.25) is 0 Å².